The van der Waals surface area contributed by atoms with E-state index in [-0.39, 0.29) is 6.61 Å². The van der Waals surface area contributed by atoms with Crippen molar-refractivity contribution in [3.63, 3.8) is 0 Å². The number of benzene rings is 1. The van der Waals surface area contributed by atoms with E-state index in [1.165, 1.54) is 0 Å². The topological polar surface area (TPSA) is 43.7 Å². The van der Waals surface area contributed by atoms with E-state index < -0.39 is 5.54 Å². The van der Waals surface area contributed by atoms with Crippen LogP contribution in [0.2, 0.25) is 0 Å². The third kappa shape index (κ3) is 1.80. The Kier molecular flexibility index (Phi) is 3.63. The first-order valence-corrected chi connectivity index (χ1v) is 4.76. The van der Waals surface area contributed by atoms with Gasteiger partial charge in [0, 0.05) is 7.05 Å². The SMILES string of the molecule is CCC(CO)(c1ccccc1)N(C)O. The lowest BCUT2D eigenvalue weighted by atomic mass is 9.88. The van der Waals surface area contributed by atoms with Gasteiger partial charge in [0.05, 0.1) is 12.1 Å². The van der Waals surface area contributed by atoms with Crippen molar-refractivity contribution in [3.8, 4) is 0 Å². The molecule has 1 unspecified atom stereocenters. The third-order valence-corrected chi connectivity index (χ3v) is 2.78. The summed E-state index contributed by atoms with van der Waals surface area (Å²) in [4.78, 5) is 0. The molecule has 3 nitrogen and oxygen atoms in total. The molecule has 0 aliphatic rings. The van der Waals surface area contributed by atoms with Crippen molar-refractivity contribution in [3.05, 3.63) is 35.9 Å². The molecule has 0 radical (unpaired) electrons. The van der Waals surface area contributed by atoms with E-state index >= 15 is 0 Å². The molecule has 0 bridgehead atoms. The molecule has 0 fully saturated rings. The highest BCUT2D eigenvalue weighted by Crippen LogP contribution is 2.29. The van der Waals surface area contributed by atoms with E-state index in [1.54, 1.807) is 7.05 Å². The van der Waals surface area contributed by atoms with Gasteiger partial charge in [-0.25, -0.2) is 0 Å². The van der Waals surface area contributed by atoms with Crippen LogP contribution >= 0.6 is 0 Å². The predicted octanol–water partition coefficient (Wildman–Crippen LogP) is 1.61. The molecule has 0 spiro atoms. The Hall–Kier alpha value is -0.900. The van der Waals surface area contributed by atoms with Gasteiger partial charge in [0.2, 0.25) is 0 Å². The maximum atomic E-state index is 9.59. The third-order valence-electron chi connectivity index (χ3n) is 2.78. The van der Waals surface area contributed by atoms with Crippen LogP contribution in [0.4, 0.5) is 0 Å². The molecule has 2 N–H and O–H groups in total. The van der Waals surface area contributed by atoms with Gasteiger partial charge < -0.3 is 10.3 Å². The molecule has 0 saturated carbocycles. The summed E-state index contributed by atoms with van der Waals surface area (Å²) in [6.45, 7) is 1.84. The van der Waals surface area contributed by atoms with Gasteiger partial charge in [-0.1, -0.05) is 37.3 Å². The first-order chi connectivity index (χ1) is 6.67. The standard InChI is InChI=1S/C11H17NO2/c1-3-11(9-13,12(2)14)10-7-5-4-6-8-10/h4-8,13-14H,3,9H2,1-2H3. The second-order valence-electron chi connectivity index (χ2n) is 3.43. The van der Waals surface area contributed by atoms with E-state index in [9.17, 15) is 10.3 Å². The Bertz CT molecular complexity index is 268. The van der Waals surface area contributed by atoms with E-state index in [2.05, 4.69) is 0 Å². The van der Waals surface area contributed by atoms with Crippen LogP contribution in [0.15, 0.2) is 30.3 Å². The summed E-state index contributed by atoms with van der Waals surface area (Å²) in [5, 5.41) is 20.1. The summed E-state index contributed by atoms with van der Waals surface area (Å²) in [7, 11) is 1.56. The van der Waals surface area contributed by atoms with Crippen molar-refractivity contribution in [2.75, 3.05) is 13.7 Å². The summed E-state index contributed by atoms with van der Waals surface area (Å²) < 4.78 is 0. The molecule has 0 aromatic heterocycles. The highest BCUT2D eigenvalue weighted by Gasteiger charge is 2.33. The van der Waals surface area contributed by atoms with Gasteiger partial charge in [-0.15, -0.1) is 0 Å². The minimum atomic E-state index is -0.679. The first kappa shape index (κ1) is 11.2. The molecule has 0 saturated heterocycles. The van der Waals surface area contributed by atoms with Crippen LogP contribution in [0, 0.1) is 0 Å². The van der Waals surface area contributed by atoms with Crippen LogP contribution in [-0.2, 0) is 5.54 Å². The first-order valence-electron chi connectivity index (χ1n) is 4.76. The van der Waals surface area contributed by atoms with Gasteiger partial charge in [0.1, 0.15) is 0 Å². The highest BCUT2D eigenvalue weighted by molar-refractivity contribution is 5.24. The fourth-order valence-electron chi connectivity index (χ4n) is 1.67. The Morgan fingerprint density at radius 1 is 1.29 bits per heavy atom. The lowest BCUT2D eigenvalue weighted by Crippen LogP contribution is -2.44. The smallest absolute Gasteiger partial charge is 0.0932 e. The number of likely N-dealkylation sites (N-methyl/N-ethyl adjacent to an activating group) is 1. The molecule has 14 heavy (non-hydrogen) atoms. The minimum absolute atomic E-state index is 0.0967. The van der Waals surface area contributed by atoms with Crippen LogP contribution in [0.5, 0.6) is 0 Å². The molecule has 1 rings (SSSR count). The van der Waals surface area contributed by atoms with Crippen molar-refractivity contribution >= 4 is 0 Å². The molecule has 1 aromatic carbocycles. The second-order valence-corrected chi connectivity index (χ2v) is 3.43. The van der Waals surface area contributed by atoms with Crippen molar-refractivity contribution in [1.82, 2.24) is 5.06 Å². The van der Waals surface area contributed by atoms with E-state index in [0.29, 0.717) is 6.42 Å². The molecular weight excluding hydrogens is 178 g/mol. The fourth-order valence-corrected chi connectivity index (χ4v) is 1.67. The highest BCUT2D eigenvalue weighted by atomic mass is 16.5. The molecular formula is C11H17NO2. The largest absolute Gasteiger partial charge is 0.394 e. The fraction of sp³-hybridized carbons (Fsp3) is 0.455. The molecule has 1 atom stereocenters. The maximum Gasteiger partial charge on any atom is 0.0932 e. The summed E-state index contributed by atoms with van der Waals surface area (Å²) in [5.74, 6) is 0. The average Bonchev–Trinajstić information content (AvgIpc) is 2.22. The van der Waals surface area contributed by atoms with Crippen molar-refractivity contribution in [1.29, 1.82) is 0 Å². The van der Waals surface area contributed by atoms with Gasteiger partial charge in [0.25, 0.3) is 0 Å². The van der Waals surface area contributed by atoms with Gasteiger partial charge in [0.15, 0.2) is 0 Å². The van der Waals surface area contributed by atoms with Gasteiger partial charge >= 0.3 is 0 Å². The number of hydrogen-bond acceptors (Lipinski definition) is 3. The zero-order chi connectivity index (χ0) is 10.6. The Labute approximate surface area is 84.6 Å². The van der Waals surface area contributed by atoms with Gasteiger partial charge in [-0.2, -0.15) is 5.06 Å². The molecule has 3 heteroatoms. The molecule has 0 aliphatic carbocycles. The zero-order valence-corrected chi connectivity index (χ0v) is 8.64. The Morgan fingerprint density at radius 3 is 2.21 bits per heavy atom. The lowest BCUT2D eigenvalue weighted by Gasteiger charge is -2.36. The number of nitrogens with zero attached hydrogens (tertiary/aromatic N) is 1. The van der Waals surface area contributed by atoms with Crippen LogP contribution < -0.4 is 0 Å². The Balaban J connectivity index is 3.11. The molecule has 0 amide bonds. The number of rotatable bonds is 4. The predicted molar refractivity (Wildman–Crippen MR) is 55.0 cm³/mol. The monoisotopic (exact) mass is 195 g/mol. The minimum Gasteiger partial charge on any atom is -0.394 e. The van der Waals surface area contributed by atoms with Crippen LogP contribution in [-0.4, -0.2) is 29.0 Å². The van der Waals surface area contributed by atoms with Crippen molar-refractivity contribution in [2.45, 2.75) is 18.9 Å². The second kappa shape index (κ2) is 4.55. The van der Waals surface area contributed by atoms with Crippen molar-refractivity contribution < 1.29 is 10.3 Å². The van der Waals surface area contributed by atoms with Gasteiger partial charge in [-0.05, 0) is 12.0 Å². The van der Waals surface area contributed by atoms with Crippen molar-refractivity contribution in [2.24, 2.45) is 0 Å². The van der Waals surface area contributed by atoms with E-state index in [4.69, 9.17) is 0 Å². The maximum absolute atomic E-state index is 9.59. The molecule has 0 heterocycles. The van der Waals surface area contributed by atoms with E-state index in [0.717, 1.165) is 10.6 Å². The molecule has 78 valence electrons. The average molecular weight is 195 g/mol. The van der Waals surface area contributed by atoms with E-state index in [1.807, 2.05) is 37.3 Å². The van der Waals surface area contributed by atoms with Gasteiger partial charge in [-0.3, -0.25) is 0 Å². The zero-order valence-electron chi connectivity index (χ0n) is 8.64. The number of aliphatic hydroxyl groups is 1. The summed E-state index contributed by atoms with van der Waals surface area (Å²) >= 11 is 0. The summed E-state index contributed by atoms with van der Waals surface area (Å²) in [5.41, 5.74) is 0.247. The van der Waals surface area contributed by atoms with Crippen LogP contribution in [0.3, 0.4) is 0 Å². The number of aliphatic hydroxyl groups excluding tert-OH is 1. The molecule has 0 aliphatic heterocycles. The Morgan fingerprint density at radius 2 is 1.86 bits per heavy atom. The molecule has 1 aromatic rings. The normalized spacial score (nSPS) is 15.5. The number of hydrogen-bond donors (Lipinski definition) is 2. The quantitative estimate of drug-likeness (QED) is 0.717. The summed E-state index contributed by atoms with van der Waals surface area (Å²) in [6, 6.07) is 9.54. The lowest BCUT2D eigenvalue weighted by molar-refractivity contribution is -0.173. The number of hydroxylamine groups is 2. The summed E-state index contributed by atoms with van der Waals surface area (Å²) in [6.07, 6.45) is 0.653. The van der Waals surface area contributed by atoms with Crippen LogP contribution in [0.25, 0.3) is 0 Å². The van der Waals surface area contributed by atoms with Crippen LogP contribution in [0.1, 0.15) is 18.9 Å².